The van der Waals surface area contributed by atoms with Crippen LogP contribution in [0.4, 0.5) is 4.79 Å². The minimum Gasteiger partial charge on any atom is -0.462 e. The maximum atomic E-state index is 11.3. The molecule has 166 valence electrons. The summed E-state index contributed by atoms with van der Waals surface area (Å²) in [5.74, 6) is 0.0255. The lowest BCUT2D eigenvalue weighted by Gasteiger charge is -2.33. The Morgan fingerprint density at radius 1 is 1.00 bits per heavy atom. The van der Waals surface area contributed by atoms with Crippen LogP contribution in [0.25, 0.3) is 0 Å². The molecule has 4 atom stereocenters. The van der Waals surface area contributed by atoms with E-state index in [9.17, 15) is 19.2 Å². The highest BCUT2D eigenvalue weighted by Crippen LogP contribution is 2.25. The summed E-state index contributed by atoms with van der Waals surface area (Å²) in [6.07, 6.45) is 7.75. The molecule has 0 heterocycles. The summed E-state index contributed by atoms with van der Waals surface area (Å²) in [5, 5.41) is 2.68. The van der Waals surface area contributed by atoms with E-state index in [0.717, 1.165) is 31.8 Å². The van der Waals surface area contributed by atoms with Crippen molar-refractivity contribution in [1.29, 1.82) is 0 Å². The molecule has 1 saturated carbocycles. The number of ether oxygens (including phenoxy) is 2. The molecule has 0 bridgehead atoms. The van der Waals surface area contributed by atoms with Crippen molar-refractivity contribution in [3.63, 3.8) is 0 Å². The van der Waals surface area contributed by atoms with E-state index >= 15 is 0 Å². The minimum atomic E-state index is -0.482. The molecular weight excluding hydrogens is 376 g/mol. The van der Waals surface area contributed by atoms with Crippen molar-refractivity contribution in [3.05, 3.63) is 12.2 Å². The molecule has 4 unspecified atom stereocenters. The van der Waals surface area contributed by atoms with Crippen molar-refractivity contribution in [2.45, 2.75) is 84.1 Å². The summed E-state index contributed by atoms with van der Waals surface area (Å²) in [6, 6.07) is -0.0464. The highest BCUT2D eigenvalue weighted by Gasteiger charge is 2.32. The van der Waals surface area contributed by atoms with Crippen LogP contribution in [-0.4, -0.2) is 48.4 Å². The van der Waals surface area contributed by atoms with E-state index in [4.69, 9.17) is 10.5 Å². The fourth-order valence-electron chi connectivity index (χ4n) is 2.31. The van der Waals surface area contributed by atoms with Gasteiger partial charge in [-0.05, 0) is 60.8 Å². The number of allylic oxidation sites excluding steroid dienone is 1. The second-order valence-electron chi connectivity index (χ2n) is 9.00. The van der Waals surface area contributed by atoms with Gasteiger partial charge in [0.2, 0.25) is 0 Å². The number of hydrogen-bond donors (Lipinski definition) is 2. The van der Waals surface area contributed by atoms with E-state index in [1.165, 1.54) is 0 Å². The Labute approximate surface area is 173 Å². The summed E-state index contributed by atoms with van der Waals surface area (Å²) in [4.78, 5) is 41.4. The van der Waals surface area contributed by atoms with Gasteiger partial charge in [-0.2, -0.15) is 0 Å². The predicted octanol–water partition coefficient (Wildman–Crippen LogP) is 2.54. The highest BCUT2D eigenvalue weighted by atomic mass is 16.6. The zero-order valence-electron chi connectivity index (χ0n) is 18.3. The molecule has 0 aliphatic heterocycles. The van der Waals surface area contributed by atoms with Gasteiger partial charge in [0.25, 0.3) is 6.47 Å². The monoisotopic (exact) mass is 412 g/mol. The van der Waals surface area contributed by atoms with E-state index in [1.807, 2.05) is 53.7 Å². The summed E-state index contributed by atoms with van der Waals surface area (Å²) in [5.41, 5.74) is 4.67. The first-order valence-electron chi connectivity index (χ1n) is 9.76. The third-order valence-corrected chi connectivity index (χ3v) is 4.04. The number of carbonyl (C=O) groups excluding carboxylic acids is 4. The Bertz CT molecular complexity index is 562. The third-order valence-electron chi connectivity index (χ3n) is 4.04. The lowest BCUT2D eigenvalue weighted by Crippen LogP contribution is -2.48. The van der Waals surface area contributed by atoms with Crippen molar-refractivity contribution in [2.75, 3.05) is 0 Å². The molecule has 1 fully saturated rings. The van der Waals surface area contributed by atoms with Crippen LogP contribution in [0, 0.1) is 11.8 Å². The van der Waals surface area contributed by atoms with Crippen molar-refractivity contribution < 1.29 is 28.7 Å². The molecule has 0 aromatic heterocycles. The topological polar surface area (TPSA) is 125 Å². The summed E-state index contributed by atoms with van der Waals surface area (Å²) in [7, 11) is 0. The fourth-order valence-corrected chi connectivity index (χ4v) is 2.31. The van der Waals surface area contributed by atoms with Gasteiger partial charge in [-0.25, -0.2) is 4.79 Å². The summed E-state index contributed by atoms with van der Waals surface area (Å²) >= 11 is 0. The van der Waals surface area contributed by atoms with Gasteiger partial charge in [-0.3, -0.25) is 4.79 Å². The number of rotatable bonds is 4. The zero-order valence-corrected chi connectivity index (χ0v) is 18.3. The lowest BCUT2D eigenvalue weighted by atomic mass is 9.81. The Hall–Kier alpha value is -2.22. The molecule has 29 heavy (non-hydrogen) atoms. The largest absolute Gasteiger partial charge is 0.462 e. The molecule has 0 aromatic carbocycles. The normalized spacial score (nSPS) is 25.1. The quantitative estimate of drug-likeness (QED) is 0.537. The van der Waals surface area contributed by atoms with Gasteiger partial charge in [0.1, 0.15) is 23.8 Å². The Morgan fingerprint density at radius 3 is 1.83 bits per heavy atom. The number of nitrogens with two attached hydrogens (primary N) is 1. The van der Waals surface area contributed by atoms with Crippen molar-refractivity contribution >= 4 is 25.1 Å². The van der Waals surface area contributed by atoms with Gasteiger partial charge in [0.15, 0.2) is 0 Å². The average Bonchev–Trinajstić information content (AvgIpc) is 2.96. The Morgan fingerprint density at radius 2 is 1.59 bits per heavy atom. The average molecular weight is 413 g/mol. The number of carbonyl (C=O) groups is 4. The van der Waals surface area contributed by atoms with Crippen molar-refractivity contribution in [1.82, 2.24) is 5.32 Å². The Balaban J connectivity index is 0.000000444. The maximum Gasteiger partial charge on any atom is 0.407 e. The molecule has 2 aliphatic carbocycles. The number of amides is 1. The standard InChI is InChI=1S/C10H17NO3.C6H9NO.C5H10O2/c1-10(2,3)14-9(13)11-8-5-4-7(8)6-12;7-6-3-1-2-5(6)4-8;1-5(2,3)7-4-6/h6-8H,4-5H2,1-3H3,(H,11,13);1,3-6H,2,7H2;4H,1-3H3. The van der Waals surface area contributed by atoms with Gasteiger partial charge in [-0.15, -0.1) is 0 Å². The van der Waals surface area contributed by atoms with Crippen LogP contribution in [-0.2, 0) is 23.9 Å². The van der Waals surface area contributed by atoms with Gasteiger partial charge in [-0.1, -0.05) is 12.2 Å². The van der Waals surface area contributed by atoms with Crippen LogP contribution < -0.4 is 11.1 Å². The van der Waals surface area contributed by atoms with Crippen LogP contribution in [0.5, 0.6) is 0 Å². The van der Waals surface area contributed by atoms with E-state index in [1.54, 1.807) is 0 Å². The molecule has 2 aliphatic rings. The number of aldehydes is 2. The summed E-state index contributed by atoms with van der Waals surface area (Å²) in [6.45, 7) is 11.4. The molecular formula is C21H36N2O6. The molecule has 8 nitrogen and oxygen atoms in total. The van der Waals surface area contributed by atoms with E-state index in [-0.39, 0.29) is 29.5 Å². The molecule has 2 rings (SSSR count). The van der Waals surface area contributed by atoms with Crippen LogP contribution in [0.1, 0.15) is 60.8 Å². The molecule has 8 heteroatoms. The molecule has 0 aromatic rings. The first-order valence-corrected chi connectivity index (χ1v) is 9.76. The van der Waals surface area contributed by atoms with Crippen molar-refractivity contribution in [3.8, 4) is 0 Å². The third kappa shape index (κ3) is 12.8. The van der Waals surface area contributed by atoms with Gasteiger partial charge >= 0.3 is 6.09 Å². The smallest absolute Gasteiger partial charge is 0.407 e. The van der Waals surface area contributed by atoms with Crippen LogP contribution >= 0.6 is 0 Å². The first kappa shape index (κ1) is 26.8. The SMILES string of the molecule is CC(C)(C)OC(=O)NC1CCC1C=O.CC(C)(C)OC=O.NC1C=CCC1C=O. The van der Waals surface area contributed by atoms with Gasteiger partial charge < -0.3 is 30.1 Å². The lowest BCUT2D eigenvalue weighted by molar-refractivity contribution is -0.138. The van der Waals surface area contributed by atoms with E-state index < -0.39 is 11.7 Å². The number of alkyl carbamates (subject to hydrolysis) is 1. The molecule has 1 amide bonds. The van der Waals surface area contributed by atoms with Gasteiger partial charge in [0.05, 0.1) is 0 Å². The highest BCUT2D eigenvalue weighted by molar-refractivity contribution is 5.69. The zero-order chi connectivity index (χ0) is 22.7. The summed E-state index contributed by atoms with van der Waals surface area (Å²) < 4.78 is 9.62. The molecule has 0 radical (unpaired) electrons. The van der Waals surface area contributed by atoms with E-state index in [2.05, 4.69) is 10.1 Å². The predicted molar refractivity (Wildman–Crippen MR) is 110 cm³/mol. The number of hydrogen-bond acceptors (Lipinski definition) is 7. The maximum absolute atomic E-state index is 11.3. The minimum absolute atomic E-state index is 0.0208. The molecule has 3 N–H and O–H groups in total. The van der Waals surface area contributed by atoms with Crippen molar-refractivity contribution in [2.24, 2.45) is 17.6 Å². The molecule has 0 saturated heterocycles. The van der Waals surface area contributed by atoms with Crippen LogP contribution in [0.15, 0.2) is 12.2 Å². The number of nitrogens with one attached hydrogen (secondary N) is 1. The van der Waals surface area contributed by atoms with Gasteiger partial charge in [0, 0.05) is 23.9 Å². The second kappa shape index (κ2) is 12.4. The fraction of sp³-hybridized carbons (Fsp3) is 0.714. The Kier molecular flexibility index (Phi) is 11.4. The van der Waals surface area contributed by atoms with Crippen LogP contribution in [0.3, 0.4) is 0 Å². The first-order chi connectivity index (χ1) is 13.3. The van der Waals surface area contributed by atoms with Crippen LogP contribution in [0.2, 0.25) is 0 Å². The van der Waals surface area contributed by atoms with E-state index in [0.29, 0.717) is 6.47 Å². The second-order valence-corrected chi connectivity index (χ2v) is 9.00. The molecule has 0 spiro atoms.